The summed E-state index contributed by atoms with van der Waals surface area (Å²) >= 11 is 12.6. The van der Waals surface area contributed by atoms with Gasteiger partial charge in [-0.1, -0.05) is 49.4 Å². The fourth-order valence-corrected chi connectivity index (χ4v) is 4.12. The smallest absolute Gasteiger partial charge is 0.0441 e. The van der Waals surface area contributed by atoms with Gasteiger partial charge in [-0.05, 0) is 68.0 Å². The molecule has 3 heteroatoms. The second-order valence-corrected chi connectivity index (χ2v) is 6.90. The van der Waals surface area contributed by atoms with Crippen molar-refractivity contribution in [3.8, 4) is 0 Å². The molecule has 1 fully saturated rings. The minimum Gasteiger partial charge on any atom is -0.319 e. The number of rotatable bonds is 5. The van der Waals surface area contributed by atoms with Gasteiger partial charge in [0.25, 0.3) is 0 Å². The van der Waals surface area contributed by atoms with E-state index < -0.39 is 0 Å². The van der Waals surface area contributed by atoms with Gasteiger partial charge in [0, 0.05) is 10.0 Å². The van der Waals surface area contributed by atoms with Crippen molar-refractivity contribution in [1.82, 2.24) is 5.32 Å². The van der Waals surface area contributed by atoms with E-state index >= 15 is 0 Å². The average Bonchev–Trinajstić information content (AvgIpc) is 2.44. The molecule has 1 nitrogen and oxygen atoms in total. The summed E-state index contributed by atoms with van der Waals surface area (Å²) in [6.45, 7) is 3.34. The molecule has 1 aromatic rings. The predicted octanol–water partition coefficient (Wildman–Crippen LogP) is 5.51. The maximum absolute atomic E-state index is 6.44. The molecule has 1 aromatic carbocycles. The van der Waals surface area contributed by atoms with Crippen LogP contribution in [-0.2, 0) is 0 Å². The zero-order valence-corrected chi connectivity index (χ0v) is 14.0. The zero-order valence-electron chi connectivity index (χ0n) is 12.5. The van der Waals surface area contributed by atoms with Crippen molar-refractivity contribution >= 4 is 23.2 Å². The van der Waals surface area contributed by atoms with Gasteiger partial charge in [-0.25, -0.2) is 0 Å². The largest absolute Gasteiger partial charge is 0.319 e. The fourth-order valence-electron chi connectivity index (χ4n) is 3.68. The molecule has 3 atom stereocenters. The molecule has 0 radical (unpaired) electrons. The van der Waals surface area contributed by atoms with E-state index in [0.717, 1.165) is 22.5 Å². The van der Waals surface area contributed by atoms with Crippen LogP contribution < -0.4 is 5.32 Å². The molecule has 1 aliphatic carbocycles. The third-order valence-electron chi connectivity index (χ3n) is 4.62. The summed E-state index contributed by atoms with van der Waals surface area (Å²) in [6, 6.07) is 5.90. The summed E-state index contributed by atoms with van der Waals surface area (Å²) in [7, 11) is 2.04. The minimum atomic E-state index is 0.541. The molecule has 0 heterocycles. The highest BCUT2D eigenvalue weighted by Crippen LogP contribution is 2.44. The standard InChI is InChI=1S/C17H25Cl2N/c1-3-4-12-5-6-13(11-20-2)15(9-12)16-10-14(18)7-8-17(16)19/h7-8,10,12-13,15,20H,3-6,9,11H2,1-2H3. The highest BCUT2D eigenvalue weighted by molar-refractivity contribution is 6.33. The highest BCUT2D eigenvalue weighted by Gasteiger charge is 2.32. The van der Waals surface area contributed by atoms with Crippen LogP contribution in [0.3, 0.4) is 0 Å². The topological polar surface area (TPSA) is 12.0 Å². The summed E-state index contributed by atoms with van der Waals surface area (Å²) in [4.78, 5) is 0. The Hall–Kier alpha value is -0.240. The van der Waals surface area contributed by atoms with Crippen molar-refractivity contribution in [3.05, 3.63) is 33.8 Å². The molecule has 20 heavy (non-hydrogen) atoms. The first-order valence-electron chi connectivity index (χ1n) is 7.75. The molecule has 0 saturated heterocycles. The maximum Gasteiger partial charge on any atom is 0.0441 e. The summed E-state index contributed by atoms with van der Waals surface area (Å²) in [6.07, 6.45) is 6.51. The lowest BCUT2D eigenvalue weighted by molar-refractivity contribution is 0.223. The molecule has 112 valence electrons. The quantitative estimate of drug-likeness (QED) is 0.755. The van der Waals surface area contributed by atoms with Crippen LogP contribution in [0, 0.1) is 11.8 Å². The van der Waals surface area contributed by atoms with E-state index in [-0.39, 0.29) is 0 Å². The van der Waals surface area contributed by atoms with Crippen LogP contribution in [0.25, 0.3) is 0 Å². The number of hydrogen-bond donors (Lipinski definition) is 1. The summed E-state index contributed by atoms with van der Waals surface area (Å²) in [5.74, 6) is 2.05. The Balaban J connectivity index is 2.23. The van der Waals surface area contributed by atoms with Crippen molar-refractivity contribution in [2.24, 2.45) is 11.8 Å². The molecule has 1 N–H and O–H groups in total. The molecule has 0 aliphatic heterocycles. The Kier molecular flexibility index (Phi) is 6.20. The van der Waals surface area contributed by atoms with Crippen LogP contribution >= 0.6 is 23.2 Å². The normalized spacial score (nSPS) is 26.7. The zero-order chi connectivity index (χ0) is 14.5. The van der Waals surface area contributed by atoms with Crippen molar-refractivity contribution in [1.29, 1.82) is 0 Å². The lowest BCUT2D eigenvalue weighted by Gasteiger charge is -2.37. The van der Waals surface area contributed by atoms with E-state index in [1.165, 1.54) is 37.7 Å². The Bertz CT molecular complexity index is 433. The van der Waals surface area contributed by atoms with Gasteiger partial charge in [0.15, 0.2) is 0 Å². The first-order chi connectivity index (χ1) is 9.65. The van der Waals surface area contributed by atoms with Gasteiger partial charge in [0.05, 0.1) is 0 Å². The van der Waals surface area contributed by atoms with Crippen molar-refractivity contribution < 1.29 is 0 Å². The molecule has 2 rings (SSSR count). The second kappa shape index (κ2) is 7.68. The molecular formula is C17H25Cl2N. The van der Waals surface area contributed by atoms with Crippen molar-refractivity contribution in [2.45, 2.75) is 44.9 Å². The van der Waals surface area contributed by atoms with E-state index in [0.29, 0.717) is 11.8 Å². The highest BCUT2D eigenvalue weighted by atomic mass is 35.5. The van der Waals surface area contributed by atoms with Gasteiger partial charge < -0.3 is 5.32 Å². The molecule has 1 saturated carbocycles. The molecule has 0 bridgehead atoms. The van der Waals surface area contributed by atoms with Crippen LogP contribution in [0.5, 0.6) is 0 Å². The second-order valence-electron chi connectivity index (χ2n) is 6.06. The van der Waals surface area contributed by atoms with Gasteiger partial charge in [0.2, 0.25) is 0 Å². The SMILES string of the molecule is CCCC1CCC(CNC)C(c2cc(Cl)ccc2Cl)C1. The summed E-state index contributed by atoms with van der Waals surface area (Å²) in [5.41, 5.74) is 1.25. The first-order valence-corrected chi connectivity index (χ1v) is 8.50. The molecule has 0 spiro atoms. The van der Waals surface area contributed by atoms with Gasteiger partial charge in [0.1, 0.15) is 0 Å². The van der Waals surface area contributed by atoms with E-state index in [1.54, 1.807) is 0 Å². The third-order valence-corrected chi connectivity index (χ3v) is 5.20. The van der Waals surface area contributed by atoms with Crippen LogP contribution in [0.1, 0.15) is 50.5 Å². The van der Waals surface area contributed by atoms with Gasteiger partial charge in [-0.15, -0.1) is 0 Å². The Morgan fingerprint density at radius 1 is 1.25 bits per heavy atom. The van der Waals surface area contributed by atoms with Gasteiger partial charge in [-0.3, -0.25) is 0 Å². The Morgan fingerprint density at radius 2 is 2.05 bits per heavy atom. The number of halogens is 2. The van der Waals surface area contributed by atoms with Crippen molar-refractivity contribution in [2.75, 3.05) is 13.6 Å². The monoisotopic (exact) mass is 313 g/mol. The molecule has 3 unspecified atom stereocenters. The minimum absolute atomic E-state index is 0.541. The van der Waals surface area contributed by atoms with Crippen LogP contribution in [0.4, 0.5) is 0 Å². The van der Waals surface area contributed by atoms with Crippen molar-refractivity contribution in [3.63, 3.8) is 0 Å². The third kappa shape index (κ3) is 3.90. The number of hydrogen-bond acceptors (Lipinski definition) is 1. The lowest BCUT2D eigenvalue weighted by Crippen LogP contribution is -2.30. The molecular weight excluding hydrogens is 289 g/mol. The van der Waals surface area contributed by atoms with Crippen LogP contribution in [0.2, 0.25) is 10.0 Å². The Labute approximate surface area is 133 Å². The maximum atomic E-state index is 6.44. The molecule has 0 amide bonds. The van der Waals surface area contributed by atoms with E-state index in [2.05, 4.69) is 18.3 Å². The summed E-state index contributed by atoms with van der Waals surface area (Å²) in [5, 5.41) is 5.01. The van der Waals surface area contributed by atoms with Gasteiger partial charge >= 0.3 is 0 Å². The predicted molar refractivity (Wildman–Crippen MR) is 88.9 cm³/mol. The van der Waals surface area contributed by atoms with Gasteiger partial charge in [-0.2, -0.15) is 0 Å². The Morgan fingerprint density at radius 3 is 2.75 bits per heavy atom. The number of nitrogens with one attached hydrogen (secondary N) is 1. The van der Waals surface area contributed by atoms with Crippen LogP contribution in [0.15, 0.2) is 18.2 Å². The molecule has 1 aliphatic rings. The summed E-state index contributed by atoms with van der Waals surface area (Å²) < 4.78 is 0. The van der Waals surface area contributed by atoms with E-state index in [4.69, 9.17) is 23.2 Å². The molecule has 0 aromatic heterocycles. The van der Waals surface area contributed by atoms with E-state index in [1.807, 2.05) is 19.2 Å². The first kappa shape index (κ1) is 16.1. The van der Waals surface area contributed by atoms with Crippen LogP contribution in [-0.4, -0.2) is 13.6 Å². The van der Waals surface area contributed by atoms with E-state index in [9.17, 15) is 0 Å². The lowest BCUT2D eigenvalue weighted by atomic mass is 9.70. The fraction of sp³-hybridized carbons (Fsp3) is 0.647. The average molecular weight is 314 g/mol. The number of benzene rings is 1.